The lowest BCUT2D eigenvalue weighted by Crippen LogP contribution is -2.03. The van der Waals surface area contributed by atoms with Crippen LogP contribution < -0.4 is 0 Å². The summed E-state index contributed by atoms with van der Waals surface area (Å²) in [5, 5.41) is 8.66. The van der Waals surface area contributed by atoms with E-state index in [1.165, 1.54) is 0 Å². The number of carbonyl (C=O) groups is 1. The molecule has 1 atom stereocenters. The molecule has 1 rings (SSSR count). The summed E-state index contributed by atoms with van der Waals surface area (Å²) in [5.41, 5.74) is 0.733. The third-order valence-electron chi connectivity index (χ3n) is 1.36. The van der Waals surface area contributed by atoms with Crippen molar-refractivity contribution < 1.29 is 9.90 Å². The molecule has 0 amide bonds. The zero-order valence-corrected chi connectivity index (χ0v) is 9.17. The molecule has 0 saturated heterocycles. The Bertz CT molecular complexity index is 299. The summed E-state index contributed by atoms with van der Waals surface area (Å²) in [4.78, 5) is 9.92. The molecule has 4 heteroatoms. The van der Waals surface area contributed by atoms with Gasteiger partial charge in [0.25, 0.3) is 0 Å². The maximum Gasteiger partial charge on any atom is 0.321 e. The Balaban J connectivity index is 2.95. The molecule has 64 valence electrons. The highest BCUT2D eigenvalue weighted by atomic mass is 79.9. The number of carboxylic acids is 1. The topological polar surface area (TPSA) is 37.3 Å². The summed E-state index contributed by atoms with van der Waals surface area (Å²) < 4.78 is 0.880. The van der Waals surface area contributed by atoms with Gasteiger partial charge in [-0.25, -0.2) is 0 Å². The van der Waals surface area contributed by atoms with Crippen LogP contribution in [0.3, 0.4) is 0 Å². The van der Waals surface area contributed by atoms with Gasteiger partial charge in [-0.15, -0.1) is 0 Å². The van der Waals surface area contributed by atoms with Crippen molar-refractivity contribution >= 4 is 37.8 Å². The highest BCUT2D eigenvalue weighted by molar-refractivity contribution is 9.10. The lowest BCUT2D eigenvalue weighted by molar-refractivity contribution is -0.136. The number of benzene rings is 1. The fourth-order valence-electron chi connectivity index (χ4n) is 0.807. The van der Waals surface area contributed by atoms with Crippen molar-refractivity contribution in [1.82, 2.24) is 0 Å². The molecule has 0 radical (unpaired) electrons. The van der Waals surface area contributed by atoms with Crippen molar-refractivity contribution in [3.8, 4) is 0 Å². The van der Waals surface area contributed by atoms with Crippen molar-refractivity contribution in [3.05, 3.63) is 34.3 Å². The van der Waals surface area contributed by atoms with Crippen LogP contribution in [-0.4, -0.2) is 11.1 Å². The fourth-order valence-corrected chi connectivity index (χ4v) is 1.51. The zero-order valence-electron chi connectivity index (χ0n) is 6.00. The van der Waals surface area contributed by atoms with E-state index in [-0.39, 0.29) is 0 Å². The molecule has 0 aliphatic carbocycles. The smallest absolute Gasteiger partial charge is 0.321 e. The SMILES string of the molecule is O=C(O)C(Br)c1cccc(Br)c1. The van der Waals surface area contributed by atoms with E-state index in [0.29, 0.717) is 0 Å². The number of halogens is 2. The van der Waals surface area contributed by atoms with Gasteiger partial charge in [-0.1, -0.05) is 44.0 Å². The van der Waals surface area contributed by atoms with Crippen LogP contribution in [-0.2, 0) is 4.79 Å². The molecule has 12 heavy (non-hydrogen) atoms. The summed E-state index contributed by atoms with van der Waals surface area (Å²) in [6, 6.07) is 7.19. The molecule has 1 aromatic rings. The van der Waals surface area contributed by atoms with Crippen LogP contribution >= 0.6 is 31.9 Å². The van der Waals surface area contributed by atoms with Gasteiger partial charge in [0, 0.05) is 4.47 Å². The Morgan fingerprint density at radius 1 is 1.50 bits per heavy atom. The average Bonchev–Trinajstić information content (AvgIpc) is 2.03. The fraction of sp³-hybridized carbons (Fsp3) is 0.125. The summed E-state index contributed by atoms with van der Waals surface area (Å²) in [7, 11) is 0. The summed E-state index contributed by atoms with van der Waals surface area (Å²) in [5.74, 6) is -0.881. The average molecular weight is 294 g/mol. The largest absolute Gasteiger partial charge is 0.480 e. The molecule has 0 saturated carbocycles. The second kappa shape index (κ2) is 4.05. The van der Waals surface area contributed by atoms with Gasteiger partial charge in [0.15, 0.2) is 0 Å². The number of hydrogen-bond acceptors (Lipinski definition) is 1. The van der Waals surface area contributed by atoms with Gasteiger partial charge in [0.1, 0.15) is 4.83 Å². The van der Waals surface area contributed by atoms with Crippen molar-refractivity contribution in [2.45, 2.75) is 4.83 Å². The third-order valence-corrected chi connectivity index (χ3v) is 2.77. The third kappa shape index (κ3) is 2.32. The molecule has 0 aliphatic rings. The first-order chi connectivity index (χ1) is 5.61. The van der Waals surface area contributed by atoms with E-state index in [0.717, 1.165) is 10.0 Å². The molecule has 0 aromatic heterocycles. The quantitative estimate of drug-likeness (QED) is 0.851. The monoisotopic (exact) mass is 292 g/mol. The van der Waals surface area contributed by atoms with Crippen molar-refractivity contribution in [2.75, 3.05) is 0 Å². The van der Waals surface area contributed by atoms with Crippen molar-refractivity contribution in [3.63, 3.8) is 0 Å². The van der Waals surface area contributed by atoms with Crippen molar-refractivity contribution in [1.29, 1.82) is 0 Å². The molecular formula is C8H6Br2O2. The van der Waals surface area contributed by atoms with Gasteiger partial charge in [-0.2, -0.15) is 0 Å². The van der Waals surface area contributed by atoms with Gasteiger partial charge in [0.05, 0.1) is 0 Å². The first kappa shape index (κ1) is 9.74. The summed E-state index contributed by atoms with van der Waals surface area (Å²) in [6.45, 7) is 0. The lowest BCUT2D eigenvalue weighted by Gasteiger charge is -2.04. The first-order valence-electron chi connectivity index (χ1n) is 3.23. The van der Waals surface area contributed by atoms with E-state index < -0.39 is 10.8 Å². The molecule has 2 nitrogen and oxygen atoms in total. The van der Waals surface area contributed by atoms with Crippen LogP contribution in [0.1, 0.15) is 10.4 Å². The van der Waals surface area contributed by atoms with E-state index in [2.05, 4.69) is 31.9 Å². The minimum absolute atomic E-state index is 0.630. The molecular weight excluding hydrogens is 288 g/mol. The van der Waals surface area contributed by atoms with Gasteiger partial charge >= 0.3 is 5.97 Å². The minimum Gasteiger partial charge on any atom is -0.480 e. The minimum atomic E-state index is -0.881. The van der Waals surface area contributed by atoms with Crippen LogP contribution in [0, 0.1) is 0 Å². The summed E-state index contributed by atoms with van der Waals surface area (Å²) >= 11 is 6.33. The van der Waals surface area contributed by atoms with Gasteiger partial charge in [-0.05, 0) is 17.7 Å². The van der Waals surface area contributed by atoms with Crippen LogP contribution in [0.15, 0.2) is 28.7 Å². The Kier molecular flexibility index (Phi) is 3.29. The molecule has 0 aliphatic heterocycles. The van der Waals surface area contributed by atoms with E-state index in [1.807, 2.05) is 6.07 Å². The Hall–Kier alpha value is -0.350. The number of carboxylic acid groups (broad SMARTS) is 1. The maximum atomic E-state index is 10.5. The van der Waals surface area contributed by atoms with Gasteiger partial charge in [-0.3, -0.25) is 4.79 Å². The van der Waals surface area contributed by atoms with Crippen LogP contribution in [0.5, 0.6) is 0 Å². The lowest BCUT2D eigenvalue weighted by atomic mass is 10.2. The molecule has 1 N–H and O–H groups in total. The molecule has 0 spiro atoms. The Labute approximate surface area is 86.9 Å². The number of rotatable bonds is 2. The second-order valence-electron chi connectivity index (χ2n) is 2.26. The molecule has 1 unspecified atom stereocenters. The van der Waals surface area contributed by atoms with E-state index in [4.69, 9.17) is 5.11 Å². The van der Waals surface area contributed by atoms with E-state index >= 15 is 0 Å². The first-order valence-corrected chi connectivity index (χ1v) is 4.94. The molecule has 1 aromatic carbocycles. The van der Waals surface area contributed by atoms with Crippen LogP contribution in [0.2, 0.25) is 0 Å². The van der Waals surface area contributed by atoms with Crippen LogP contribution in [0.4, 0.5) is 0 Å². The predicted molar refractivity (Wildman–Crippen MR) is 53.4 cm³/mol. The molecule has 0 bridgehead atoms. The summed E-state index contributed by atoms with van der Waals surface area (Å²) in [6.07, 6.45) is 0. The van der Waals surface area contributed by atoms with Gasteiger partial charge in [0.2, 0.25) is 0 Å². The van der Waals surface area contributed by atoms with E-state index in [1.54, 1.807) is 18.2 Å². The van der Waals surface area contributed by atoms with Crippen molar-refractivity contribution in [2.24, 2.45) is 0 Å². The van der Waals surface area contributed by atoms with Crippen LogP contribution in [0.25, 0.3) is 0 Å². The number of alkyl halides is 1. The second-order valence-corrected chi connectivity index (χ2v) is 4.09. The highest BCUT2D eigenvalue weighted by Gasteiger charge is 2.14. The standard InChI is InChI=1S/C8H6Br2O2/c9-6-3-1-2-5(4-6)7(10)8(11)12/h1-4,7H,(H,11,12). The predicted octanol–water partition coefficient (Wildman–Crippen LogP) is 2.97. The number of aliphatic carboxylic acids is 1. The maximum absolute atomic E-state index is 10.5. The Morgan fingerprint density at radius 3 is 2.67 bits per heavy atom. The van der Waals surface area contributed by atoms with E-state index in [9.17, 15) is 4.79 Å². The normalized spacial score (nSPS) is 12.5. The number of hydrogen-bond donors (Lipinski definition) is 1. The Morgan fingerprint density at radius 2 is 2.17 bits per heavy atom. The molecule has 0 fully saturated rings. The highest BCUT2D eigenvalue weighted by Crippen LogP contribution is 2.25. The zero-order chi connectivity index (χ0) is 9.14. The van der Waals surface area contributed by atoms with Gasteiger partial charge < -0.3 is 5.11 Å². The molecule has 0 heterocycles.